The van der Waals surface area contributed by atoms with Gasteiger partial charge in [0.15, 0.2) is 0 Å². The third-order valence-electron chi connectivity index (χ3n) is 6.62. The topological polar surface area (TPSA) is 54.3 Å². The van der Waals surface area contributed by atoms with Gasteiger partial charge in [0, 0.05) is 53.4 Å². The highest BCUT2D eigenvalue weighted by molar-refractivity contribution is 5.98. The van der Waals surface area contributed by atoms with E-state index in [-0.39, 0.29) is 35.3 Å². The second-order valence-electron chi connectivity index (χ2n) is 9.40. The van der Waals surface area contributed by atoms with E-state index in [0.717, 1.165) is 16.6 Å². The Morgan fingerprint density at radius 2 is 1.88 bits per heavy atom. The van der Waals surface area contributed by atoms with Crippen molar-refractivity contribution in [3.05, 3.63) is 53.8 Å². The molecule has 2 amide bonds. The van der Waals surface area contributed by atoms with Crippen LogP contribution in [0.1, 0.15) is 52.0 Å². The Hall–Kier alpha value is -3.03. The monoisotopic (exact) mass is 473 g/mol. The predicted octanol–water partition coefficient (Wildman–Crippen LogP) is 6.00. The summed E-state index contributed by atoms with van der Waals surface area (Å²) in [6.45, 7) is 4.93. The molecule has 1 aromatic heterocycles. The molecular formula is C26H30F3N3O2. The first-order valence-corrected chi connectivity index (χ1v) is 11.8. The normalized spacial score (nSPS) is 17.6. The van der Waals surface area contributed by atoms with Crippen molar-refractivity contribution in [3.63, 3.8) is 0 Å². The number of benzene rings is 1. The van der Waals surface area contributed by atoms with Crippen LogP contribution in [0.5, 0.6) is 0 Å². The van der Waals surface area contributed by atoms with E-state index in [1.807, 2.05) is 30.5 Å². The molecule has 1 fully saturated rings. The molecule has 0 spiro atoms. The first-order valence-electron chi connectivity index (χ1n) is 11.8. The number of carbonyl (C=O) groups is 2. The number of amides is 2. The van der Waals surface area contributed by atoms with E-state index in [1.165, 1.54) is 6.08 Å². The molecule has 0 unspecified atom stereocenters. The lowest BCUT2D eigenvalue weighted by Gasteiger charge is -2.32. The number of likely N-dealkylation sites (tertiary alicyclic amines) is 1. The molecule has 1 aromatic carbocycles. The number of piperidine rings is 1. The highest BCUT2D eigenvalue weighted by atomic mass is 19.4. The summed E-state index contributed by atoms with van der Waals surface area (Å²) in [5, 5.41) is 4.04. The van der Waals surface area contributed by atoms with Crippen LogP contribution in [0, 0.1) is 5.92 Å². The molecule has 1 saturated heterocycles. The zero-order valence-corrected chi connectivity index (χ0v) is 19.5. The molecular weight excluding hydrogens is 443 g/mol. The number of nitrogens with zero attached hydrogens (tertiary/aromatic N) is 2. The molecule has 2 aromatic rings. The molecule has 0 radical (unpaired) electrons. The molecule has 34 heavy (non-hydrogen) atoms. The smallest absolute Gasteiger partial charge is 0.345 e. The van der Waals surface area contributed by atoms with Gasteiger partial charge in [0.1, 0.15) is 0 Å². The van der Waals surface area contributed by atoms with E-state index < -0.39 is 12.6 Å². The number of halogens is 3. The minimum absolute atomic E-state index is 0.0933. The van der Waals surface area contributed by atoms with Crippen LogP contribution in [0.3, 0.4) is 0 Å². The van der Waals surface area contributed by atoms with E-state index in [2.05, 4.69) is 23.7 Å². The summed E-state index contributed by atoms with van der Waals surface area (Å²) in [7, 11) is 0. The SMILES string of the molecule is CC(C)n1ccc2cc(NC(=O)C3CCN(C(=O)C4=C(CC(F)(F)F)CCC=C4)CC3)ccc21. The molecule has 4 rings (SSSR count). The fourth-order valence-electron chi connectivity index (χ4n) is 4.81. The van der Waals surface area contributed by atoms with E-state index in [0.29, 0.717) is 38.4 Å². The highest BCUT2D eigenvalue weighted by Crippen LogP contribution is 2.33. The fraction of sp³-hybridized carbons (Fsp3) is 0.462. The standard InChI is InChI=1S/C26H30F3N3O2/c1-17(2)32-14-11-19-15-21(7-8-23(19)32)30-24(33)18-9-12-31(13-10-18)25(34)22-6-4-3-5-20(22)16-26(27,28)29/h4,6-8,11,14-15,17-18H,3,5,9-10,12-13,16H2,1-2H3,(H,30,33). The molecule has 1 N–H and O–H groups in total. The van der Waals surface area contributed by atoms with Gasteiger partial charge in [-0.3, -0.25) is 9.59 Å². The Morgan fingerprint density at radius 3 is 2.56 bits per heavy atom. The molecule has 2 aliphatic rings. The van der Waals surface area contributed by atoms with Crippen molar-refractivity contribution in [1.29, 1.82) is 0 Å². The maximum atomic E-state index is 12.9. The van der Waals surface area contributed by atoms with E-state index in [4.69, 9.17) is 0 Å². The van der Waals surface area contributed by atoms with Gasteiger partial charge in [0.2, 0.25) is 5.91 Å². The maximum absolute atomic E-state index is 12.9. The van der Waals surface area contributed by atoms with Gasteiger partial charge in [-0.2, -0.15) is 13.2 Å². The summed E-state index contributed by atoms with van der Waals surface area (Å²) in [6.07, 6.45) is 1.64. The number of alkyl halides is 3. The zero-order chi connectivity index (χ0) is 24.5. The minimum atomic E-state index is -4.34. The summed E-state index contributed by atoms with van der Waals surface area (Å²) in [4.78, 5) is 27.4. The van der Waals surface area contributed by atoms with Gasteiger partial charge in [0.05, 0.1) is 6.42 Å². The van der Waals surface area contributed by atoms with Crippen molar-refractivity contribution in [1.82, 2.24) is 9.47 Å². The molecule has 1 aliphatic heterocycles. The average molecular weight is 474 g/mol. The van der Waals surface area contributed by atoms with Crippen molar-refractivity contribution in [2.24, 2.45) is 5.92 Å². The second kappa shape index (κ2) is 9.68. The van der Waals surface area contributed by atoms with Crippen LogP contribution in [0.25, 0.3) is 10.9 Å². The highest BCUT2D eigenvalue weighted by Gasteiger charge is 2.34. The molecule has 2 heterocycles. The lowest BCUT2D eigenvalue weighted by Crippen LogP contribution is -2.42. The zero-order valence-electron chi connectivity index (χ0n) is 19.5. The van der Waals surface area contributed by atoms with Crippen molar-refractivity contribution < 1.29 is 22.8 Å². The average Bonchev–Trinajstić information content (AvgIpc) is 3.22. The number of fused-ring (bicyclic) bond motifs is 1. The van der Waals surface area contributed by atoms with Gasteiger partial charge in [-0.25, -0.2) is 0 Å². The van der Waals surface area contributed by atoms with Crippen LogP contribution in [-0.4, -0.2) is 40.5 Å². The van der Waals surface area contributed by atoms with Gasteiger partial charge in [-0.05, 0) is 69.4 Å². The number of hydrogen-bond acceptors (Lipinski definition) is 2. The Morgan fingerprint density at radius 1 is 1.15 bits per heavy atom. The molecule has 0 saturated carbocycles. The number of allylic oxidation sites excluding steroid dienone is 2. The summed E-state index contributed by atoms with van der Waals surface area (Å²) >= 11 is 0. The first-order chi connectivity index (χ1) is 16.1. The van der Waals surface area contributed by atoms with Gasteiger partial charge in [0.25, 0.3) is 5.91 Å². The molecule has 182 valence electrons. The number of nitrogens with one attached hydrogen (secondary N) is 1. The Labute approximate surface area is 197 Å². The van der Waals surface area contributed by atoms with Crippen molar-refractivity contribution in [2.75, 3.05) is 18.4 Å². The summed E-state index contributed by atoms with van der Waals surface area (Å²) < 4.78 is 41.0. The van der Waals surface area contributed by atoms with E-state index in [9.17, 15) is 22.8 Å². The first kappa shape index (κ1) is 24.1. The molecule has 0 bridgehead atoms. The Kier molecular flexibility index (Phi) is 6.86. The predicted molar refractivity (Wildman–Crippen MR) is 126 cm³/mol. The number of rotatable bonds is 5. The summed E-state index contributed by atoms with van der Waals surface area (Å²) in [5.41, 5.74) is 2.15. The van der Waals surface area contributed by atoms with Crippen LogP contribution in [-0.2, 0) is 9.59 Å². The van der Waals surface area contributed by atoms with Gasteiger partial charge in [-0.15, -0.1) is 0 Å². The number of aromatic nitrogens is 1. The van der Waals surface area contributed by atoms with Crippen molar-refractivity contribution in [2.45, 2.75) is 58.2 Å². The molecule has 5 nitrogen and oxygen atoms in total. The Bertz CT molecular complexity index is 1140. The third kappa shape index (κ3) is 5.37. The van der Waals surface area contributed by atoms with Crippen LogP contribution in [0.15, 0.2) is 53.8 Å². The summed E-state index contributed by atoms with van der Waals surface area (Å²) in [6, 6.07) is 8.21. The van der Waals surface area contributed by atoms with Crippen LogP contribution in [0.4, 0.5) is 18.9 Å². The van der Waals surface area contributed by atoms with Gasteiger partial charge < -0.3 is 14.8 Å². The lowest BCUT2D eigenvalue weighted by atomic mass is 9.91. The number of anilines is 1. The van der Waals surface area contributed by atoms with Crippen LogP contribution >= 0.6 is 0 Å². The quantitative estimate of drug-likeness (QED) is 0.579. The van der Waals surface area contributed by atoms with Gasteiger partial charge in [-0.1, -0.05) is 12.2 Å². The number of hydrogen-bond donors (Lipinski definition) is 1. The Balaban J connectivity index is 1.37. The van der Waals surface area contributed by atoms with Crippen LogP contribution in [0.2, 0.25) is 0 Å². The molecule has 0 atom stereocenters. The van der Waals surface area contributed by atoms with Gasteiger partial charge >= 0.3 is 6.18 Å². The summed E-state index contributed by atoms with van der Waals surface area (Å²) in [5.74, 6) is -0.705. The minimum Gasteiger partial charge on any atom is -0.345 e. The second-order valence-corrected chi connectivity index (χ2v) is 9.40. The van der Waals surface area contributed by atoms with Crippen molar-refractivity contribution >= 4 is 28.4 Å². The number of carbonyl (C=O) groups excluding carboxylic acids is 2. The third-order valence-corrected chi connectivity index (χ3v) is 6.62. The largest absolute Gasteiger partial charge is 0.392 e. The van der Waals surface area contributed by atoms with Crippen molar-refractivity contribution in [3.8, 4) is 0 Å². The fourth-order valence-corrected chi connectivity index (χ4v) is 4.81. The van der Waals surface area contributed by atoms with E-state index in [1.54, 1.807) is 11.0 Å². The molecule has 1 aliphatic carbocycles. The van der Waals surface area contributed by atoms with E-state index >= 15 is 0 Å². The molecule has 8 heteroatoms. The maximum Gasteiger partial charge on any atom is 0.392 e. The van der Waals surface area contributed by atoms with Crippen LogP contribution < -0.4 is 5.32 Å². The lowest BCUT2D eigenvalue weighted by molar-refractivity contribution is -0.132.